The smallest absolute Gasteiger partial charge is 0.251 e. The number of likely N-dealkylation sites (tertiary alicyclic amines) is 1. The van der Waals surface area contributed by atoms with E-state index in [1.807, 2.05) is 34.9 Å². The molecule has 1 N–H and O–H groups in total. The second kappa shape index (κ2) is 10.6. The van der Waals surface area contributed by atoms with Gasteiger partial charge in [-0.1, -0.05) is 18.2 Å². The third kappa shape index (κ3) is 5.81. The molecule has 2 aliphatic heterocycles. The molecule has 2 fully saturated rings. The molecule has 2 heterocycles. The predicted molar refractivity (Wildman–Crippen MR) is 116 cm³/mol. The number of amides is 3. The van der Waals surface area contributed by atoms with E-state index in [1.165, 1.54) is 6.42 Å². The lowest BCUT2D eigenvalue weighted by molar-refractivity contribution is -0.137. The molecule has 0 radical (unpaired) electrons. The fraction of sp³-hybridized carbons (Fsp3) is 0.609. The Kier molecular flexibility index (Phi) is 7.85. The molecule has 0 aromatic heterocycles. The lowest BCUT2D eigenvalue weighted by Crippen LogP contribution is -2.53. The summed E-state index contributed by atoms with van der Waals surface area (Å²) >= 11 is 0. The second-order valence-electron chi connectivity index (χ2n) is 8.41. The maximum absolute atomic E-state index is 12.6. The van der Waals surface area contributed by atoms with E-state index in [0.29, 0.717) is 44.2 Å². The van der Waals surface area contributed by atoms with Gasteiger partial charge in [0.05, 0.1) is 6.54 Å². The molecule has 2 aliphatic rings. The van der Waals surface area contributed by atoms with Crippen LogP contribution >= 0.6 is 0 Å². The number of carbonyl (C=O) groups excluding carboxylic acids is 3. The zero-order valence-electron chi connectivity index (χ0n) is 18.2. The number of benzene rings is 1. The number of piperazine rings is 1. The zero-order valence-corrected chi connectivity index (χ0v) is 18.2. The van der Waals surface area contributed by atoms with Crippen LogP contribution in [-0.2, 0) is 9.59 Å². The molecule has 2 saturated heterocycles. The molecule has 0 bridgehead atoms. The minimum atomic E-state index is -0.142. The lowest BCUT2D eigenvalue weighted by Gasteiger charge is -2.38. The van der Waals surface area contributed by atoms with Crippen molar-refractivity contribution in [1.82, 2.24) is 20.0 Å². The average Bonchev–Trinajstić information content (AvgIpc) is 2.74. The van der Waals surface area contributed by atoms with Gasteiger partial charge in [-0.3, -0.25) is 19.3 Å². The summed E-state index contributed by atoms with van der Waals surface area (Å²) in [5.74, 6) is 0.118. The number of nitrogens with one attached hydrogen (secondary N) is 1. The van der Waals surface area contributed by atoms with Crippen LogP contribution in [0.5, 0.6) is 0 Å². The van der Waals surface area contributed by atoms with Crippen LogP contribution in [0.1, 0.15) is 48.5 Å². The van der Waals surface area contributed by atoms with Crippen molar-refractivity contribution >= 4 is 17.7 Å². The summed E-state index contributed by atoms with van der Waals surface area (Å²) in [6, 6.07) is 7.76. The molecular weight excluding hydrogens is 380 g/mol. The first kappa shape index (κ1) is 22.3. The van der Waals surface area contributed by atoms with Gasteiger partial charge >= 0.3 is 0 Å². The molecule has 7 nitrogen and oxygen atoms in total. The summed E-state index contributed by atoms with van der Waals surface area (Å²) in [4.78, 5) is 43.3. The van der Waals surface area contributed by atoms with Crippen LogP contribution in [0.2, 0.25) is 0 Å². The molecule has 3 rings (SSSR count). The maximum atomic E-state index is 12.6. The summed E-state index contributed by atoms with van der Waals surface area (Å²) in [6.45, 7) is 8.37. The molecule has 1 aromatic rings. The normalized spacial score (nSPS) is 20.1. The van der Waals surface area contributed by atoms with Gasteiger partial charge in [0.2, 0.25) is 11.8 Å². The van der Waals surface area contributed by atoms with Gasteiger partial charge in [-0.25, -0.2) is 0 Å². The van der Waals surface area contributed by atoms with Gasteiger partial charge < -0.3 is 15.1 Å². The average molecular weight is 415 g/mol. The highest BCUT2D eigenvalue weighted by Crippen LogP contribution is 2.17. The minimum Gasteiger partial charge on any atom is -0.352 e. The van der Waals surface area contributed by atoms with Gasteiger partial charge in [-0.05, 0) is 44.7 Å². The van der Waals surface area contributed by atoms with E-state index in [0.717, 1.165) is 38.0 Å². The molecule has 0 spiro atoms. The summed E-state index contributed by atoms with van der Waals surface area (Å²) in [5.41, 5.74) is 1.57. The summed E-state index contributed by atoms with van der Waals surface area (Å²) < 4.78 is 0. The van der Waals surface area contributed by atoms with E-state index in [9.17, 15) is 14.4 Å². The maximum Gasteiger partial charge on any atom is 0.251 e. The van der Waals surface area contributed by atoms with Crippen molar-refractivity contribution in [2.24, 2.45) is 0 Å². The van der Waals surface area contributed by atoms with Crippen molar-refractivity contribution in [2.75, 3.05) is 45.8 Å². The van der Waals surface area contributed by atoms with Gasteiger partial charge in [0.25, 0.3) is 5.91 Å². The first-order valence-corrected chi connectivity index (χ1v) is 11.1. The Morgan fingerprint density at radius 2 is 1.73 bits per heavy atom. The first-order valence-electron chi connectivity index (χ1n) is 11.1. The molecule has 0 aliphatic carbocycles. The Balaban J connectivity index is 1.36. The molecule has 0 saturated carbocycles. The standard InChI is InChI=1S/C23H34N4O3/c1-18-7-3-4-9-20(18)23(30)24-11-10-21(28)26-15-13-25(14-16-26)17-22(29)27-12-6-5-8-19(27)2/h3-4,7,9,19H,5-6,8,10-17H2,1-2H3,(H,24,30). The molecular formula is C23H34N4O3. The van der Waals surface area contributed by atoms with Gasteiger partial charge in [0.15, 0.2) is 0 Å². The summed E-state index contributed by atoms with van der Waals surface area (Å²) in [6.07, 6.45) is 3.69. The van der Waals surface area contributed by atoms with Gasteiger partial charge in [-0.15, -0.1) is 0 Å². The third-order valence-corrected chi connectivity index (χ3v) is 6.22. The predicted octanol–water partition coefficient (Wildman–Crippen LogP) is 1.66. The minimum absolute atomic E-state index is 0.0516. The van der Waals surface area contributed by atoms with E-state index >= 15 is 0 Å². The number of carbonyl (C=O) groups is 3. The topological polar surface area (TPSA) is 73.0 Å². The van der Waals surface area contributed by atoms with Crippen LogP contribution in [0, 0.1) is 6.92 Å². The molecule has 1 atom stereocenters. The Bertz CT molecular complexity index is 759. The number of aryl methyl sites for hydroxylation is 1. The largest absolute Gasteiger partial charge is 0.352 e. The molecule has 1 aromatic carbocycles. The van der Waals surface area contributed by atoms with E-state index in [2.05, 4.69) is 17.1 Å². The van der Waals surface area contributed by atoms with Crippen LogP contribution in [0.15, 0.2) is 24.3 Å². The van der Waals surface area contributed by atoms with Crippen molar-refractivity contribution < 1.29 is 14.4 Å². The Morgan fingerprint density at radius 3 is 2.43 bits per heavy atom. The summed E-state index contributed by atoms with van der Waals surface area (Å²) in [5, 5.41) is 2.84. The molecule has 3 amide bonds. The third-order valence-electron chi connectivity index (χ3n) is 6.22. The SMILES string of the molecule is Cc1ccccc1C(=O)NCCC(=O)N1CCN(CC(=O)N2CCCCC2C)CC1. The Morgan fingerprint density at radius 1 is 1.00 bits per heavy atom. The molecule has 30 heavy (non-hydrogen) atoms. The quantitative estimate of drug-likeness (QED) is 0.768. The van der Waals surface area contributed by atoms with Gasteiger partial charge in [0, 0.05) is 57.3 Å². The van der Waals surface area contributed by atoms with Gasteiger partial charge in [0.1, 0.15) is 0 Å². The number of hydrogen-bond donors (Lipinski definition) is 1. The highest BCUT2D eigenvalue weighted by atomic mass is 16.2. The van der Waals surface area contributed by atoms with Crippen molar-refractivity contribution in [2.45, 2.75) is 45.6 Å². The van der Waals surface area contributed by atoms with Crippen LogP contribution < -0.4 is 5.32 Å². The second-order valence-corrected chi connectivity index (χ2v) is 8.41. The van der Waals surface area contributed by atoms with E-state index < -0.39 is 0 Å². The highest BCUT2D eigenvalue weighted by molar-refractivity contribution is 5.95. The fourth-order valence-electron chi connectivity index (χ4n) is 4.27. The summed E-state index contributed by atoms with van der Waals surface area (Å²) in [7, 11) is 0. The fourth-order valence-corrected chi connectivity index (χ4v) is 4.27. The molecule has 1 unspecified atom stereocenters. The molecule has 7 heteroatoms. The van der Waals surface area contributed by atoms with E-state index in [-0.39, 0.29) is 17.7 Å². The Labute approximate surface area is 179 Å². The number of nitrogens with zero attached hydrogens (tertiary/aromatic N) is 3. The molecule has 164 valence electrons. The van der Waals surface area contributed by atoms with Crippen molar-refractivity contribution in [3.63, 3.8) is 0 Å². The number of piperidine rings is 1. The highest BCUT2D eigenvalue weighted by Gasteiger charge is 2.27. The van der Waals surface area contributed by atoms with Gasteiger partial charge in [-0.2, -0.15) is 0 Å². The van der Waals surface area contributed by atoms with Crippen molar-refractivity contribution in [3.8, 4) is 0 Å². The van der Waals surface area contributed by atoms with Crippen LogP contribution in [0.25, 0.3) is 0 Å². The Hall–Kier alpha value is -2.41. The monoisotopic (exact) mass is 414 g/mol. The van der Waals surface area contributed by atoms with Crippen LogP contribution in [0.3, 0.4) is 0 Å². The number of hydrogen-bond acceptors (Lipinski definition) is 4. The lowest BCUT2D eigenvalue weighted by atomic mass is 10.0. The van der Waals surface area contributed by atoms with Crippen molar-refractivity contribution in [3.05, 3.63) is 35.4 Å². The number of rotatable bonds is 6. The van der Waals surface area contributed by atoms with Crippen LogP contribution in [-0.4, -0.2) is 84.3 Å². The van der Waals surface area contributed by atoms with E-state index in [4.69, 9.17) is 0 Å². The first-order chi connectivity index (χ1) is 14.5. The van der Waals surface area contributed by atoms with Crippen LogP contribution in [0.4, 0.5) is 0 Å². The van der Waals surface area contributed by atoms with E-state index in [1.54, 1.807) is 6.07 Å². The zero-order chi connectivity index (χ0) is 21.5. The van der Waals surface area contributed by atoms with Crippen molar-refractivity contribution in [1.29, 1.82) is 0 Å².